The molecule has 1 rings (SSSR count). The fourth-order valence-corrected chi connectivity index (χ4v) is 2.02. The van der Waals surface area contributed by atoms with E-state index in [-0.39, 0.29) is 16.8 Å². The molecule has 0 spiro atoms. The number of nitro benzene ring substituents is 1. The number of halogens is 1. The normalized spacial score (nSPS) is 12.5. The predicted octanol–water partition coefficient (Wildman–Crippen LogP) is 3.36. The third-order valence-electron chi connectivity index (χ3n) is 2.86. The predicted molar refractivity (Wildman–Crippen MR) is 76.0 cm³/mol. The van der Waals surface area contributed by atoms with Crippen LogP contribution in [-0.2, 0) is 0 Å². The molecule has 5 nitrogen and oxygen atoms in total. The highest BCUT2D eigenvalue weighted by Crippen LogP contribution is 2.29. The van der Waals surface area contributed by atoms with E-state index in [4.69, 9.17) is 16.3 Å². The standard InChI is InChI=1S/C13H19ClN2O3/c1-4-15(5-2)9-10(3)19-13-7-6-11(16(17)18)8-12(13)14/h6-8,10H,4-5,9H2,1-3H3. The molecule has 0 aliphatic heterocycles. The molecule has 0 bridgehead atoms. The van der Waals surface area contributed by atoms with Crippen LogP contribution in [0.3, 0.4) is 0 Å². The van der Waals surface area contributed by atoms with Crippen LogP contribution in [0.1, 0.15) is 20.8 Å². The molecule has 0 saturated carbocycles. The Morgan fingerprint density at radius 2 is 2.05 bits per heavy atom. The van der Waals surface area contributed by atoms with Crippen molar-refractivity contribution in [2.24, 2.45) is 0 Å². The Labute approximate surface area is 118 Å². The largest absolute Gasteiger partial charge is 0.488 e. The number of rotatable bonds is 7. The van der Waals surface area contributed by atoms with Crippen LogP contribution in [0, 0.1) is 10.1 Å². The summed E-state index contributed by atoms with van der Waals surface area (Å²) in [6.45, 7) is 8.84. The molecule has 1 aromatic carbocycles. The van der Waals surface area contributed by atoms with Gasteiger partial charge in [0.05, 0.1) is 9.95 Å². The maximum atomic E-state index is 10.6. The number of ether oxygens (including phenoxy) is 1. The van der Waals surface area contributed by atoms with Crippen LogP contribution in [0.2, 0.25) is 5.02 Å². The molecule has 0 fully saturated rings. The highest BCUT2D eigenvalue weighted by molar-refractivity contribution is 6.32. The number of nitro groups is 1. The van der Waals surface area contributed by atoms with Crippen LogP contribution >= 0.6 is 11.6 Å². The average molecular weight is 287 g/mol. The van der Waals surface area contributed by atoms with Crippen LogP contribution in [0.25, 0.3) is 0 Å². The molecule has 1 atom stereocenters. The zero-order valence-corrected chi connectivity index (χ0v) is 12.2. The summed E-state index contributed by atoms with van der Waals surface area (Å²) < 4.78 is 5.72. The fraction of sp³-hybridized carbons (Fsp3) is 0.538. The summed E-state index contributed by atoms with van der Waals surface area (Å²) in [5.41, 5.74) is -0.0336. The van der Waals surface area contributed by atoms with E-state index in [1.54, 1.807) is 6.07 Å². The summed E-state index contributed by atoms with van der Waals surface area (Å²) in [4.78, 5) is 12.4. The maximum absolute atomic E-state index is 10.6. The zero-order valence-electron chi connectivity index (χ0n) is 11.4. The van der Waals surface area contributed by atoms with Gasteiger partial charge in [-0.3, -0.25) is 10.1 Å². The van der Waals surface area contributed by atoms with Crippen molar-refractivity contribution in [2.45, 2.75) is 26.9 Å². The van der Waals surface area contributed by atoms with Crippen molar-refractivity contribution in [1.29, 1.82) is 0 Å². The van der Waals surface area contributed by atoms with Crippen LogP contribution in [0.5, 0.6) is 5.75 Å². The minimum atomic E-state index is -0.477. The molecule has 1 aromatic rings. The first-order chi connectivity index (χ1) is 8.97. The highest BCUT2D eigenvalue weighted by Gasteiger charge is 2.14. The number of non-ortho nitro benzene ring substituents is 1. The highest BCUT2D eigenvalue weighted by atomic mass is 35.5. The van der Waals surface area contributed by atoms with Crippen molar-refractivity contribution in [1.82, 2.24) is 4.90 Å². The van der Waals surface area contributed by atoms with E-state index in [2.05, 4.69) is 18.7 Å². The third-order valence-corrected chi connectivity index (χ3v) is 3.16. The van der Waals surface area contributed by atoms with Gasteiger partial charge >= 0.3 is 0 Å². The van der Waals surface area contributed by atoms with Crippen molar-refractivity contribution in [3.63, 3.8) is 0 Å². The van der Waals surface area contributed by atoms with Gasteiger partial charge in [0.1, 0.15) is 11.9 Å². The molecular weight excluding hydrogens is 268 g/mol. The van der Waals surface area contributed by atoms with Crippen LogP contribution in [-0.4, -0.2) is 35.6 Å². The van der Waals surface area contributed by atoms with Crippen LogP contribution in [0.15, 0.2) is 18.2 Å². The Hall–Kier alpha value is -1.33. The van der Waals surface area contributed by atoms with Gasteiger partial charge in [-0.2, -0.15) is 0 Å². The molecule has 0 saturated heterocycles. The van der Waals surface area contributed by atoms with Crippen molar-refractivity contribution < 1.29 is 9.66 Å². The number of hydrogen-bond donors (Lipinski definition) is 0. The van der Waals surface area contributed by atoms with Crippen molar-refractivity contribution in [3.05, 3.63) is 33.3 Å². The van der Waals surface area contributed by atoms with Gasteiger partial charge in [-0.1, -0.05) is 25.4 Å². The minimum Gasteiger partial charge on any atom is -0.488 e. The summed E-state index contributed by atoms with van der Waals surface area (Å²) >= 11 is 5.98. The first kappa shape index (κ1) is 15.7. The molecular formula is C13H19ClN2O3. The molecule has 106 valence electrons. The van der Waals surface area contributed by atoms with Gasteiger partial charge in [0, 0.05) is 18.7 Å². The summed E-state index contributed by atoms with van der Waals surface area (Å²) in [7, 11) is 0. The summed E-state index contributed by atoms with van der Waals surface area (Å²) in [6, 6.07) is 4.24. The molecule has 0 aromatic heterocycles. The molecule has 0 aliphatic rings. The SMILES string of the molecule is CCN(CC)CC(C)Oc1ccc([N+](=O)[O-])cc1Cl. The van der Waals surface area contributed by atoms with Gasteiger partial charge in [-0.05, 0) is 26.1 Å². The van der Waals surface area contributed by atoms with E-state index in [1.165, 1.54) is 12.1 Å². The first-order valence-corrected chi connectivity index (χ1v) is 6.68. The van der Waals surface area contributed by atoms with Crippen molar-refractivity contribution >= 4 is 17.3 Å². The van der Waals surface area contributed by atoms with E-state index >= 15 is 0 Å². The first-order valence-electron chi connectivity index (χ1n) is 6.30. The molecule has 19 heavy (non-hydrogen) atoms. The lowest BCUT2D eigenvalue weighted by molar-refractivity contribution is -0.384. The van der Waals surface area contributed by atoms with Gasteiger partial charge < -0.3 is 9.64 Å². The van der Waals surface area contributed by atoms with E-state index in [0.717, 1.165) is 19.6 Å². The van der Waals surface area contributed by atoms with Gasteiger partial charge in [-0.25, -0.2) is 0 Å². The van der Waals surface area contributed by atoms with Crippen molar-refractivity contribution in [3.8, 4) is 5.75 Å². The lowest BCUT2D eigenvalue weighted by Gasteiger charge is -2.23. The molecule has 0 radical (unpaired) electrons. The number of likely N-dealkylation sites (N-methyl/N-ethyl adjacent to an activating group) is 1. The van der Waals surface area contributed by atoms with Gasteiger partial charge in [0.15, 0.2) is 0 Å². The Kier molecular flexibility index (Phi) is 6.05. The second-order valence-corrected chi connectivity index (χ2v) is 4.69. The number of hydrogen-bond acceptors (Lipinski definition) is 4. The molecule has 0 heterocycles. The molecule has 0 N–H and O–H groups in total. The Bertz CT molecular complexity index is 436. The van der Waals surface area contributed by atoms with Crippen molar-refractivity contribution in [2.75, 3.05) is 19.6 Å². The van der Waals surface area contributed by atoms with Crippen LogP contribution < -0.4 is 4.74 Å². The van der Waals surface area contributed by atoms with Gasteiger partial charge in [-0.15, -0.1) is 0 Å². The van der Waals surface area contributed by atoms with E-state index in [0.29, 0.717) is 5.75 Å². The Morgan fingerprint density at radius 3 is 2.53 bits per heavy atom. The molecule has 1 unspecified atom stereocenters. The smallest absolute Gasteiger partial charge is 0.271 e. The lowest BCUT2D eigenvalue weighted by atomic mass is 10.3. The minimum absolute atomic E-state index is 0.0288. The number of nitrogens with zero attached hydrogens (tertiary/aromatic N) is 2. The molecule has 0 amide bonds. The van der Waals surface area contributed by atoms with E-state index in [9.17, 15) is 10.1 Å². The Morgan fingerprint density at radius 1 is 1.42 bits per heavy atom. The maximum Gasteiger partial charge on any atom is 0.271 e. The quantitative estimate of drug-likeness (QED) is 0.570. The summed E-state index contributed by atoms with van der Waals surface area (Å²) in [5, 5.41) is 10.9. The fourth-order valence-electron chi connectivity index (χ4n) is 1.80. The van der Waals surface area contributed by atoms with Gasteiger partial charge in [0.25, 0.3) is 5.69 Å². The topological polar surface area (TPSA) is 55.6 Å². The summed E-state index contributed by atoms with van der Waals surface area (Å²) in [6.07, 6.45) is -0.0288. The number of benzene rings is 1. The van der Waals surface area contributed by atoms with E-state index < -0.39 is 4.92 Å². The Balaban J connectivity index is 2.69. The summed E-state index contributed by atoms with van der Waals surface area (Å²) in [5.74, 6) is 0.479. The molecule has 0 aliphatic carbocycles. The lowest BCUT2D eigenvalue weighted by Crippen LogP contribution is -2.33. The van der Waals surface area contributed by atoms with Crippen LogP contribution in [0.4, 0.5) is 5.69 Å². The second-order valence-electron chi connectivity index (χ2n) is 4.29. The second kappa shape index (κ2) is 7.31. The van der Waals surface area contributed by atoms with Gasteiger partial charge in [0.2, 0.25) is 0 Å². The van der Waals surface area contributed by atoms with E-state index in [1.807, 2.05) is 6.92 Å². The average Bonchev–Trinajstić information content (AvgIpc) is 2.38. The third kappa shape index (κ3) is 4.69. The molecule has 6 heteroatoms. The zero-order chi connectivity index (χ0) is 14.4. The monoisotopic (exact) mass is 286 g/mol.